The van der Waals surface area contributed by atoms with Crippen LogP contribution in [0.25, 0.3) is 11.3 Å². The number of carbonyl (C=O) groups is 1. The molecule has 0 atom stereocenters. The number of nitrogens with one attached hydrogen (secondary N) is 2. The molecule has 2 heterocycles. The standard InChI is InChI=1S/C22H21F3N4O/c1-2-8-29-13-15-10-18(6-7-19(15)21(29)30)26-11-16-12-27-28-20(16)14-4-3-5-17(9-14)22(23,24)25/h3-7,9-10,12,26H,2,8,11,13H2,1H3,(H,27,28). The number of rotatable bonds is 6. The van der Waals surface area contributed by atoms with E-state index in [2.05, 4.69) is 15.5 Å². The number of H-pyrrole nitrogens is 1. The molecule has 0 spiro atoms. The number of amides is 1. The van der Waals surface area contributed by atoms with Gasteiger partial charge in [-0.3, -0.25) is 9.89 Å². The van der Waals surface area contributed by atoms with E-state index in [1.807, 2.05) is 30.0 Å². The fourth-order valence-electron chi connectivity index (χ4n) is 3.68. The Morgan fingerprint density at radius 2 is 2.03 bits per heavy atom. The minimum atomic E-state index is -4.40. The van der Waals surface area contributed by atoms with Gasteiger partial charge in [0.2, 0.25) is 0 Å². The first kappa shape index (κ1) is 20.0. The first-order chi connectivity index (χ1) is 14.4. The van der Waals surface area contributed by atoms with Gasteiger partial charge in [-0.15, -0.1) is 0 Å². The van der Waals surface area contributed by atoms with Gasteiger partial charge in [-0.1, -0.05) is 19.1 Å². The second kappa shape index (κ2) is 7.85. The van der Waals surface area contributed by atoms with E-state index in [1.165, 1.54) is 6.07 Å². The lowest BCUT2D eigenvalue weighted by molar-refractivity contribution is -0.137. The zero-order chi connectivity index (χ0) is 21.3. The Balaban J connectivity index is 1.50. The Morgan fingerprint density at radius 3 is 2.80 bits per heavy atom. The normalized spacial score (nSPS) is 13.6. The fraction of sp³-hybridized carbons (Fsp3) is 0.273. The maximum Gasteiger partial charge on any atom is 0.416 e. The van der Waals surface area contributed by atoms with Gasteiger partial charge in [0.25, 0.3) is 5.91 Å². The molecule has 0 unspecified atom stereocenters. The number of benzene rings is 2. The zero-order valence-corrected chi connectivity index (χ0v) is 16.4. The third kappa shape index (κ3) is 3.90. The van der Waals surface area contributed by atoms with Crippen LogP contribution < -0.4 is 5.32 Å². The van der Waals surface area contributed by atoms with Crippen molar-refractivity contribution in [3.8, 4) is 11.3 Å². The van der Waals surface area contributed by atoms with E-state index in [9.17, 15) is 18.0 Å². The van der Waals surface area contributed by atoms with Crippen molar-refractivity contribution in [1.29, 1.82) is 0 Å². The summed E-state index contributed by atoms with van der Waals surface area (Å²) >= 11 is 0. The maximum atomic E-state index is 13.0. The number of aromatic nitrogens is 2. The third-order valence-electron chi connectivity index (χ3n) is 5.16. The summed E-state index contributed by atoms with van der Waals surface area (Å²) in [6.45, 7) is 3.74. The average molecular weight is 414 g/mol. The molecule has 3 aromatic rings. The van der Waals surface area contributed by atoms with Crippen molar-refractivity contribution in [2.75, 3.05) is 11.9 Å². The lowest BCUT2D eigenvalue weighted by Gasteiger charge is -2.13. The molecule has 30 heavy (non-hydrogen) atoms. The number of hydrogen-bond donors (Lipinski definition) is 2. The Morgan fingerprint density at radius 1 is 1.20 bits per heavy atom. The Kier molecular flexibility index (Phi) is 5.24. The van der Waals surface area contributed by atoms with E-state index in [4.69, 9.17) is 0 Å². The van der Waals surface area contributed by atoms with Crippen LogP contribution in [0.15, 0.2) is 48.7 Å². The van der Waals surface area contributed by atoms with Crippen LogP contribution in [0.5, 0.6) is 0 Å². The van der Waals surface area contributed by atoms with Crippen molar-refractivity contribution in [3.63, 3.8) is 0 Å². The molecule has 0 aliphatic carbocycles. The summed E-state index contributed by atoms with van der Waals surface area (Å²) in [6.07, 6.45) is -1.89. The van der Waals surface area contributed by atoms with Gasteiger partial charge in [0, 0.05) is 42.0 Å². The predicted molar refractivity (Wildman–Crippen MR) is 108 cm³/mol. The summed E-state index contributed by atoms with van der Waals surface area (Å²) in [7, 11) is 0. The van der Waals surface area contributed by atoms with Gasteiger partial charge in [-0.2, -0.15) is 18.3 Å². The first-order valence-electron chi connectivity index (χ1n) is 9.72. The van der Waals surface area contributed by atoms with E-state index in [0.29, 0.717) is 24.3 Å². The monoisotopic (exact) mass is 414 g/mol. The van der Waals surface area contributed by atoms with Gasteiger partial charge in [-0.05, 0) is 42.3 Å². The summed E-state index contributed by atoms with van der Waals surface area (Å²) in [5.41, 5.74) is 3.56. The molecule has 0 saturated carbocycles. The highest BCUT2D eigenvalue weighted by Crippen LogP contribution is 2.33. The molecule has 1 aliphatic heterocycles. The van der Waals surface area contributed by atoms with Crippen LogP contribution in [0.1, 0.15) is 40.4 Å². The van der Waals surface area contributed by atoms with Crippen molar-refractivity contribution in [2.24, 2.45) is 0 Å². The second-order valence-corrected chi connectivity index (χ2v) is 7.30. The summed E-state index contributed by atoms with van der Waals surface area (Å²) in [4.78, 5) is 14.2. The average Bonchev–Trinajstić information content (AvgIpc) is 3.31. The molecule has 2 N–H and O–H groups in total. The van der Waals surface area contributed by atoms with E-state index >= 15 is 0 Å². The molecular weight excluding hydrogens is 393 g/mol. The van der Waals surface area contributed by atoms with E-state index in [-0.39, 0.29) is 5.91 Å². The van der Waals surface area contributed by atoms with Crippen LogP contribution in [0, 0.1) is 0 Å². The summed E-state index contributed by atoms with van der Waals surface area (Å²) in [6, 6.07) is 10.8. The van der Waals surface area contributed by atoms with Crippen LogP contribution in [0.2, 0.25) is 0 Å². The number of halogens is 3. The SMILES string of the molecule is CCCN1Cc2cc(NCc3cn[nH]c3-c3cccc(C(F)(F)F)c3)ccc2C1=O. The smallest absolute Gasteiger partial charge is 0.381 e. The lowest BCUT2D eigenvalue weighted by Crippen LogP contribution is -2.24. The molecule has 0 radical (unpaired) electrons. The largest absolute Gasteiger partial charge is 0.416 e. The number of nitrogens with zero attached hydrogens (tertiary/aromatic N) is 2. The number of hydrogen-bond acceptors (Lipinski definition) is 3. The maximum absolute atomic E-state index is 13.0. The highest BCUT2D eigenvalue weighted by atomic mass is 19.4. The predicted octanol–water partition coefficient (Wildman–Crippen LogP) is 5.07. The van der Waals surface area contributed by atoms with Gasteiger partial charge in [0.15, 0.2) is 0 Å². The third-order valence-corrected chi connectivity index (χ3v) is 5.16. The van der Waals surface area contributed by atoms with Crippen molar-refractivity contribution < 1.29 is 18.0 Å². The van der Waals surface area contributed by atoms with E-state index in [0.717, 1.165) is 47.5 Å². The molecule has 1 amide bonds. The van der Waals surface area contributed by atoms with Gasteiger partial charge >= 0.3 is 6.18 Å². The minimum absolute atomic E-state index is 0.0556. The number of anilines is 1. The molecule has 0 bridgehead atoms. The highest BCUT2D eigenvalue weighted by molar-refractivity contribution is 5.98. The molecular formula is C22H21F3N4O. The van der Waals surface area contributed by atoms with Crippen molar-refractivity contribution >= 4 is 11.6 Å². The van der Waals surface area contributed by atoms with Crippen molar-refractivity contribution in [2.45, 2.75) is 32.6 Å². The molecule has 0 saturated heterocycles. The van der Waals surface area contributed by atoms with E-state index < -0.39 is 11.7 Å². The molecule has 0 fully saturated rings. The minimum Gasteiger partial charge on any atom is -0.381 e. The van der Waals surface area contributed by atoms with Gasteiger partial charge < -0.3 is 10.2 Å². The summed E-state index contributed by atoms with van der Waals surface area (Å²) < 4.78 is 39.1. The van der Waals surface area contributed by atoms with Gasteiger partial charge in [0.05, 0.1) is 17.5 Å². The van der Waals surface area contributed by atoms with E-state index in [1.54, 1.807) is 12.3 Å². The summed E-state index contributed by atoms with van der Waals surface area (Å²) in [5.74, 6) is 0.0556. The Labute approximate surface area is 171 Å². The second-order valence-electron chi connectivity index (χ2n) is 7.30. The zero-order valence-electron chi connectivity index (χ0n) is 16.4. The lowest BCUT2D eigenvalue weighted by atomic mass is 10.0. The summed E-state index contributed by atoms with van der Waals surface area (Å²) in [5, 5.41) is 10.1. The highest BCUT2D eigenvalue weighted by Gasteiger charge is 2.30. The van der Waals surface area contributed by atoms with Crippen LogP contribution in [0.4, 0.5) is 18.9 Å². The Hall–Kier alpha value is -3.29. The molecule has 5 nitrogen and oxygen atoms in total. The molecule has 1 aliphatic rings. The van der Waals surface area contributed by atoms with Crippen LogP contribution in [0.3, 0.4) is 0 Å². The van der Waals surface area contributed by atoms with Gasteiger partial charge in [-0.25, -0.2) is 0 Å². The molecule has 1 aromatic heterocycles. The molecule has 8 heteroatoms. The molecule has 2 aromatic carbocycles. The van der Waals surface area contributed by atoms with Crippen LogP contribution >= 0.6 is 0 Å². The Bertz CT molecular complexity index is 1070. The number of carbonyl (C=O) groups excluding carboxylic acids is 1. The molecule has 156 valence electrons. The van der Waals surface area contributed by atoms with Crippen LogP contribution in [-0.4, -0.2) is 27.5 Å². The number of alkyl halides is 3. The number of aromatic amines is 1. The van der Waals surface area contributed by atoms with Crippen LogP contribution in [-0.2, 0) is 19.3 Å². The number of fused-ring (bicyclic) bond motifs is 1. The quantitative estimate of drug-likeness (QED) is 0.592. The first-order valence-corrected chi connectivity index (χ1v) is 9.72. The topological polar surface area (TPSA) is 61.0 Å². The molecule has 4 rings (SSSR count). The fourth-order valence-corrected chi connectivity index (χ4v) is 3.68. The van der Waals surface area contributed by atoms with Gasteiger partial charge in [0.1, 0.15) is 0 Å². The van der Waals surface area contributed by atoms with Crippen molar-refractivity contribution in [1.82, 2.24) is 15.1 Å². The van der Waals surface area contributed by atoms with Crippen molar-refractivity contribution in [3.05, 3.63) is 70.9 Å².